The van der Waals surface area contributed by atoms with Crippen LogP contribution in [-0.4, -0.2) is 18.2 Å². The Morgan fingerprint density at radius 3 is 2.50 bits per heavy atom. The smallest absolute Gasteiger partial charge is 0.301 e. The summed E-state index contributed by atoms with van der Waals surface area (Å²) in [6.07, 6.45) is 1.94. The highest BCUT2D eigenvalue weighted by Crippen LogP contribution is 2.50. The molecule has 1 unspecified atom stereocenters. The van der Waals surface area contributed by atoms with Gasteiger partial charge in [0.05, 0.1) is 0 Å². The Morgan fingerprint density at radius 1 is 1.58 bits per heavy atom. The zero-order chi connectivity index (χ0) is 9.61. The minimum atomic E-state index is -3.02. The van der Waals surface area contributed by atoms with E-state index in [1.165, 1.54) is 7.11 Å². The van der Waals surface area contributed by atoms with Crippen LogP contribution in [0.3, 0.4) is 0 Å². The van der Waals surface area contributed by atoms with E-state index in [-0.39, 0.29) is 0 Å². The first-order valence-corrected chi connectivity index (χ1v) is 6.32. The molecular weight excluding hydrogens is 220 g/mol. The van der Waals surface area contributed by atoms with E-state index in [1.54, 1.807) is 0 Å². The standard InChI is InChI=1S/C6H14Cl2NO2P/c1-3-4-5-9-12(10,11-2)6(7)8/h6H,3-5H2,1-2H3,(H,9,10). The molecule has 1 N–H and O–H groups in total. The third kappa shape index (κ3) is 4.11. The monoisotopic (exact) mass is 233 g/mol. The highest BCUT2D eigenvalue weighted by molar-refractivity contribution is 7.61. The van der Waals surface area contributed by atoms with Crippen molar-refractivity contribution in [2.24, 2.45) is 0 Å². The number of alkyl halides is 2. The molecule has 0 rings (SSSR count). The molecule has 0 aromatic carbocycles. The molecular formula is C6H14Cl2NO2P. The van der Waals surface area contributed by atoms with Crippen LogP contribution in [0, 0.1) is 0 Å². The van der Waals surface area contributed by atoms with Crippen molar-refractivity contribution in [1.82, 2.24) is 5.09 Å². The summed E-state index contributed by atoms with van der Waals surface area (Å²) in [4.78, 5) is 0. The first-order valence-electron chi connectivity index (χ1n) is 3.75. The van der Waals surface area contributed by atoms with Crippen LogP contribution in [0.2, 0.25) is 0 Å². The average molecular weight is 234 g/mol. The van der Waals surface area contributed by atoms with E-state index in [0.29, 0.717) is 6.54 Å². The van der Waals surface area contributed by atoms with Crippen molar-refractivity contribution in [2.45, 2.75) is 24.3 Å². The fourth-order valence-corrected chi connectivity index (χ4v) is 2.41. The zero-order valence-electron chi connectivity index (χ0n) is 7.22. The quantitative estimate of drug-likeness (QED) is 0.436. The van der Waals surface area contributed by atoms with Crippen molar-refractivity contribution >= 4 is 30.7 Å². The second-order valence-corrected chi connectivity index (χ2v) is 6.42. The molecule has 1 atom stereocenters. The first-order chi connectivity index (χ1) is 5.56. The molecule has 0 amide bonds. The third-order valence-electron chi connectivity index (χ3n) is 1.39. The van der Waals surface area contributed by atoms with Gasteiger partial charge in [-0.2, -0.15) is 0 Å². The van der Waals surface area contributed by atoms with Crippen LogP contribution in [0.1, 0.15) is 19.8 Å². The number of hydrogen-bond acceptors (Lipinski definition) is 2. The predicted octanol–water partition coefficient (Wildman–Crippen LogP) is 2.98. The Balaban J connectivity index is 3.89. The fourth-order valence-electron chi connectivity index (χ4n) is 0.625. The lowest BCUT2D eigenvalue weighted by Crippen LogP contribution is -2.16. The number of halogens is 2. The molecule has 0 aliphatic carbocycles. The number of unbranched alkanes of at least 4 members (excludes halogenated alkanes) is 1. The molecule has 74 valence electrons. The van der Waals surface area contributed by atoms with Crippen molar-refractivity contribution < 1.29 is 9.09 Å². The van der Waals surface area contributed by atoms with Gasteiger partial charge >= 0.3 is 7.52 Å². The summed E-state index contributed by atoms with van der Waals surface area (Å²) in [5.74, 6) is 0. The Bertz CT molecular complexity index is 166. The van der Waals surface area contributed by atoms with Crippen molar-refractivity contribution in [3.8, 4) is 0 Å². The fraction of sp³-hybridized carbons (Fsp3) is 1.00. The summed E-state index contributed by atoms with van der Waals surface area (Å²) < 4.78 is 15.3. The number of hydrogen-bond donors (Lipinski definition) is 1. The molecule has 0 aliphatic rings. The summed E-state index contributed by atoms with van der Waals surface area (Å²) in [5.41, 5.74) is 0. The minimum absolute atomic E-state index is 0.609. The molecule has 0 fully saturated rings. The molecule has 0 bridgehead atoms. The Kier molecular flexibility index (Phi) is 6.60. The number of nitrogens with one attached hydrogen (secondary N) is 1. The molecule has 0 aromatic rings. The Labute approximate surface area is 83.3 Å². The molecule has 0 aromatic heterocycles. The lowest BCUT2D eigenvalue weighted by atomic mass is 10.3. The molecule has 3 nitrogen and oxygen atoms in total. The van der Waals surface area contributed by atoms with E-state index in [2.05, 4.69) is 5.09 Å². The van der Waals surface area contributed by atoms with Crippen LogP contribution >= 0.6 is 30.7 Å². The van der Waals surface area contributed by atoms with Gasteiger partial charge in [0.1, 0.15) is 0 Å². The van der Waals surface area contributed by atoms with Gasteiger partial charge in [0.25, 0.3) is 0 Å². The van der Waals surface area contributed by atoms with E-state index in [0.717, 1.165) is 12.8 Å². The largest absolute Gasteiger partial charge is 0.319 e. The Hall–Kier alpha value is 0.730. The number of rotatable bonds is 6. The lowest BCUT2D eigenvalue weighted by molar-refractivity contribution is 0.383. The van der Waals surface area contributed by atoms with Gasteiger partial charge in [-0.05, 0) is 6.42 Å². The van der Waals surface area contributed by atoms with Gasteiger partial charge in [-0.3, -0.25) is 4.57 Å². The van der Waals surface area contributed by atoms with Crippen LogP contribution in [0.25, 0.3) is 0 Å². The molecule has 0 saturated carbocycles. The molecule has 0 spiro atoms. The van der Waals surface area contributed by atoms with Gasteiger partial charge in [0.15, 0.2) is 4.58 Å². The van der Waals surface area contributed by atoms with Crippen molar-refractivity contribution in [1.29, 1.82) is 0 Å². The van der Waals surface area contributed by atoms with E-state index >= 15 is 0 Å². The van der Waals surface area contributed by atoms with Crippen LogP contribution in [0.15, 0.2) is 0 Å². The van der Waals surface area contributed by atoms with Gasteiger partial charge in [0.2, 0.25) is 0 Å². The second kappa shape index (κ2) is 6.22. The van der Waals surface area contributed by atoms with Crippen molar-refractivity contribution in [3.05, 3.63) is 0 Å². The van der Waals surface area contributed by atoms with Crippen LogP contribution in [-0.2, 0) is 9.09 Å². The van der Waals surface area contributed by atoms with E-state index in [4.69, 9.17) is 27.7 Å². The first kappa shape index (κ1) is 12.7. The van der Waals surface area contributed by atoms with Crippen LogP contribution in [0.5, 0.6) is 0 Å². The summed E-state index contributed by atoms with van der Waals surface area (Å²) in [7, 11) is -1.69. The topological polar surface area (TPSA) is 38.3 Å². The summed E-state index contributed by atoms with van der Waals surface area (Å²) in [6.45, 7) is 2.65. The zero-order valence-corrected chi connectivity index (χ0v) is 9.62. The third-order valence-corrected chi connectivity index (χ3v) is 4.65. The van der Waals surface area contributed by atoms with Gasteiger partial charge < -0.3 is 4.52 Å². The summed E-state index contributed by atoms with van der Waals surface area (Å²) in [6, 6.07) is 0. The van der Waals surface area contributed by atoms with Gasteiger partial charge in [-0.15, -0.1) is 0 Å². The summed E-state index contributed by atoms with van der Waals surface area (Å²) >= 11 is 11.0. The SMILES string of the molecule is CCCCNP(=O)(OC)C(Cl)Cl. The second-order valence-electron chi connectivity index (χ2n) is 2.32. The van der Waals surface area contributed by atoms with Gasteiger partial charge in [0, 0.05) is 13.7 Å². The van der Waals surface area contributed by atoms with E-state index in [9.17, 15) is 4.57 Å². The molecule has 0 heterocycles. The average Bonchev–Trinajstić information content (AvgIpc) is 2.04. The molecule has 0 aliphatic heterocycles. The summed E-state index contributed by atoms with van der Waals surface area (Å²) in [5, 5.41) is 2.72. The molecule has 0 saturated heterocycles. The maximum Gasteiger partial charge on any atom is 0.301 e. The molecule has 12 heavy (non-hydrogen) atoms. The normalized spacial score (nSPS) is 16.4. The van der Waals surface area contributed by atoms with Gasteiger partial charge in [-0.25, -0.2) is 5.09 Å². The van der Waals surface area contributed by atoms with Crippen LogP contribution < -0.4 is 5.09 Å². The van der Waals surface area contributed by atoms with E-state index in [1.807, 2.05) is 6.92 Å². The molecule has 6 heteroatoms. The highest BCUT2D eigenvalue weighted by Gasteiger charge is 2.29. The van der Waals surface area contributed by atoms with E-state index < -0.39 is 12.1 Å². The predicted molar refractivity (Wildman–Crippen MR) is 53.0 cm³/mol. The van der Waals surface area contributed by atoms with Gasteiger partial charge in [-0.1, -0.05) is 36.5 Å². The molecule has 0 radical (unpaired) electrons. The maximum absolute atomic E-state index is 11.6. The maximum atomic E-state index is 11.6. The van der Waals surface area contributed by atoms with Crippen molar-refractivity contribution in [2.75, 3.05) is 13.7 Å². The van der Waals surface area contributed by atoms with Crippen molar-refractivity contribution in [3.63, 3.8) is 0 Å². The lowest BCUT2D eigenvalue weighted by Gasteiger charge is -2.17. The minimum Gasteiger partial charge on any atom is -0.319 e. The highest BCUT2D eigenvalue weighted by atomic mass is 35.5. The van der Waals surface area contributed by atoms with Crippen LogP contribution in [0.4, 0.5) is 0 Å². The Morgan fingerprint density at radius 2 is 2.17 bits per heavy atom.